The monoisotopic (exact) mass is 327 g/mol. The van der Waals surface area contributed by atoms with Crippen LogP contribution in [0.2, 0.25) is 5.15 Å². The lowest BCUT2D eigenvalue weighted by Gasteiger charge is -2.06. The van der Waals surface area contributed by atoms with Gasteiger partial charge in [0.05, 0.1) is 31.2 Å². The van der Waals surface area contributed by atoms with Gasteiger partial charge in [0.25, 0.3) is 0 Å². The van der Waals surface area contributed by atoms with Gasteiger partial charge in [-0.1, -0.05) is 11.6 Å². The van der Waals surface area contributed by atoms with Gasteiger partial charge in [-0.15, -0.1) is 0 Å². The Balaban J connectivity index is 1.99. The number of nitrogens with one attached hydrogen (secondary N) is 1. The highest BCUT2D eigenvalue weighted by atomic mass is 35.5. The van der Waals surface area contributed by atoms with Crippen molar-refractivity contribution >= 4 is 11.6 Å². The number of nitrogens with zero attached hydrogens (tertiary/aromatic N) is 2. The summed E-state index contributed by atoms with van der Waals surface area (Å²) in [4.78, 5) is 0. The molecule has 0 aliphatic rings. The Morgan fingerprint density at radius 2 is 2.05 bits per heavy atom. The molecule has 0 spiro atoms. The third-order valence-corrected chi connectivity index (χ3v) is 3.54. The Morgan fingerprint density at radius 1 is 1.32 bits per heavy atom. The minimum absolute atomic E-state index is 0.0232. The van der Waals surface area contributed by atoms with Crippen LogP contribution in [-0.4, -0.2) is 41.3 Å². The fourth-order valence-corrected chi connectivity index (χ4v) is 2.35. The molecule has 0 aliphatic carbocycles. The summed E-state index contributed by atoms with van der Waals surface area (Å²) >= 11 is 6.37. The van der Waals surface area contributed by atoms with Crippen LogP contribution < -0.4 is 5.32 Å². The van der Waals surface area contributed by atoms with Crippen molar-refractivity contribution in [3.8, 4) is 5.69 Å². The van der Waals surface area contributed by atoms with Crippen LogP contribution in [0.15, 0.2) is 24.3 Å². The van der Waals surface area contributed by atoms with Crippen molar-refractivity contribution in [3.05, 3.63) is 46.5 Å². The molecular weight excluding hydrogens is 309 g/mol. The first kappa shape index (κ1) is 16.9. The van der Waals surface area contributed by atoms with Gasteiger partial charge >= 0.3 is 0 Å². The zero-order chi connectivity index (χ0) is 15.9. The van der Waals surface area contributed by atoms with E-state index in [-0.39, 0.29) is 12.4 Å². The van der Waals surface area contributed by atoms with Crippen LogP contribution in [0.4, 0.5) is 4.39 Å². The number of ether oxygens (including phenoxy) is 1. The Labute approximate surface area is 133 Å². The zero-order valence-corrected chi connectivity index (χ0v) is 13.1. The van der Waals surface area contributed by atoms with Crippen molar-refractivity contribution in [2.45, 2.75) is 13.5 Å². The maximum atomic E-state index is 13.0. The van der Waals surface area contributed by atoms with E-state index in [1.54, 1.807) is 16.8 Å². The molecule has 0 aliphatic heterocycles. The van der Waals surface area contributed by atoms with E-state index in [4.69, 9.17) is 21.4 Å². The van der Waals surface area contributed by atoms with Crippen LogP contribution in [0, 0.1) is 12.7 Å². The molecule has 22 heavy (non-hydrogen) atoms. The molecule has 2 rings (SSSR count). The summed E-state index contributed by atoms with van der Waals surface area (Å²) in [5.41, 5.74) is 2.43. The van der Waals surface area contributed by atoms with E-state index in [2.05, 4.69) is 10.4 Å². The summed E-state index contributed by atoms with van der Waals surface area (Å²) in [5.74, 6) is -0.298. The third kappa shape index (κ3) is 4.27. The molecule has 0 saturated carbocycles. The second-order valence-corrected chi connectivity index (χ2v) is 5.11. The molecule has 0 amide bonds. The van der Waals surface area contributed by atoms with Crippen molar-refractivity contribution in [1.29, 1.82) is 0 Å². The predicted molar refractivity (Wildman–Crippen MR) is 82.9 cm³/mol. The highest BCUT2D eigenvalue weighted by molar-refractivity contribution is 6.30. The Morgan fingerprint density at radius 3 is 2.73 bits per heavy atom. The van der Waals surface area contributed by atoms with E-state index in [0.717, 1.165) is 11.3 Å². The molecule has 1 heterocycles. The maximum absolute atomic E-state index is 13.0. The molecule has 0 atom stereocenters. The molecule has 0 radical (unpaired) electrons. The van der Waals surface area contributed by atoms with Crippen LogP contribution in [0.5, 0.6) is 0 Å². The second-order valence-electron chi connectivity index (χ2n) is 4.76. The lowest BCUT2D eigenvalue weighted by atomic mass is 10.2. The van der Waals surface area contributed by atoms with Gasteiger partial charge in [0.15, 0.2) is 0 Å². The number of benzene rings is 1. The van der Waals surface area contributed by atoms with E-state index in [1.165, 1.54) is 12.1 Å². The summed E-state index contributed by atoms with van der Waals surface area (Å²) in [5, 5.41) is 16.7. The standard InChI is InChI=1S/C15H19ClFN3O2/c1-11-14(10-18-6-8-22-9-7-21)15(16)20(19-11)13-4-2-12(17)3-5-13/h2-5,18,21H,6-10H2,1H3. The molecule has 2 aromatic rings. The first-order valence-electron chi connectivity index (χ1n) is 7.02. The maximum Gasteiger partial charge on any atom is 0.137 e. The van der Waals surface area contributed by atoms with E-state index in [0.29, 0.717) is 37.1 Å². The minimum Gasteiger partial charge on any atom is -0.394 e. The van der Waals surface area contributed by atoms with Crippen molar-refractivity contribution < 1.29 is 14.2 Å². The summed E-state index contributed by atoms with van der Waals surface area (Å²) < 4.78 is 19.7. The van der Waals surface area contributed by atoms with Crippen molar-refractivity contribution in [2.24, 2.45) is 0 Å². The summed E-state index contributed by atoms with van der Waals surface area (Å²) in [7, 11) is 0. The summed E-state index contributed by atoms with van der Waals surface area (Å²) in [6.07, 6.45) is 0. The molecule has 2 N–H and O–H groups in total. The number of aliphatic hydroxyl groups is 1. The summed E-state index contributed by atoms with van der Waals surface area (Å²) in [6.45, 7) is 3.97. The number of rotatable bonds is 8. The molecule has 0 fully saturated rings. The van der Waals surface area contributed by atoms with Gasteiger partial charge in [-0.2, -0.15) is 5.10 Å². The molecule has 0 unspecified atom stereocenters. The van der Waals surface area contributed by atoms with Crippen molar-refractivity contribution in [3.63, 3.8) is 0 Å². The predicted octanol–water partition coefficient (Wildman–Crippen LogP) is 2.07. The van der Waals surface area contributed by atoms with E-state index in [9.17, 15) is 4.39 Å². The van der Waals surface area contributed by atoms with Gasteiger partial charge in [0, 0.05) is 18.7 Å². The minimum atomic E-state index is -0.298. The molecular formula is C15H19ClFN3O2. The van der Waals surface area contributed by atoms with Crippen LogP contribution in [0.25, 0.3) is 5.69 Å². The molecule has 0 bridgehead atoms. The zero-order valence-electron chi connectivity index (χ0n) is 12.4. The number of hydrogen-bond donors (Lipinski definition) is 2. The van der Waals surface area contributed by atoms with Gasteiger partial charge in [-0.25, -0.2) is 9.07 Å². The Hall–Kier alpha value is -1.47. The summed E-state index contributed by atoms with van der Waals surface area (Å²) in [6, 6.07) is 6.01. The van der Waals surface area contributed by atoms with Gasteiger partial charge < -0.3 is 15.2 Å². The highest BCUT2D eigenvalue weighted by Gasteiger charge is 2.14. The lowest BCUT2D eigenvalue weighted by Crippen LogP contribution is -2.20. The van der Waals surface area contributed by atoms with Gasteiger partial charge in [-0.05, 0) is 31.2 Å². The van der Waals surface area contributed by atoms with Crippen molar-refractivity contribution in [1.82, 2.24) is 15.1 Å². The molecule has 5 nitrogen and oxygen atoms in total. The number of aryl methyl sites for hydroxylation is 1. The molecule has 1 aromatic carbocycles. The topological polar surface area (TPSA) is 59.3 Å². The fourth-order valence-electron chi connectivity index (χ4n) is 2.01. The quantitative estimate of drug-likeness (QED) is 0.729. The molecule has 1 aromatic heterocycles. The van der Waals surface area contributed by atoms with E-state index >= 15 is 0 Å². The first-order chi connectivity index (χ1) is 10.6. The highest BCUT2D eigenvalue weighted by Crippen LogP contribution is 2.23. The largest absolute Gasteiger partial charge is 0.394 e. The number of halogens is 2. The first-order valence-corrected chi connectivity index (χ1v) is 7.40. The molecule has 120 valence electrons. The van der Waals surface area contributed by atoms with Crippen LogP contribution >= 0.6 is 11.6 Å². The average Bonchev–Trinajstić information content (AvgIpc) is 2.79. The van der Waals surface area contributed by atoms with E-state index in [1.807, 2.05) is 6.92 Å². The SMILES string of the molecule is Cc1nn(-c2ccc(F)cc2)c(Cl)c1CNCCOCCO. The van der Waals surface area contributed by atoms with E-state index < -0.39 is 0 Å². The number of aliphatic hydroxyl groups excluding tert-OH is 1. The van der Waals surface area contributed by atoms with Gasteiger partial charge in [0.2, 0.25) is 0 Å². The van der Waals surface area contributed by atoms with Gasteiger partial charge in [0.1, 0.15) is 11.0 Å². The number of aromatic nitrogens is 2. The molecule has 0 saturated heterocycles. The second kappa shape index (κ2) is 8.24. The lowest BCUT2D eigenvalue weighted by molar-refractivity contribution is 0.0938. The Bertz CT molecular complexity index is 602. The van der Waals surface area contributed by atoms with Crippen molar-refractivity contribution in [2.75, 3.05) is 26.4 Å². The van der Waals surface area contributed by atoms with Crippen LogP contribution in [-0.2, 0) is 11.3 Å². The Kier molecular flexibility index (Phi) is 6.33. The normalized spacial score (nSPS) is 11.1. The smallest absolute Gasteiger partial charge is 0.137 e. The van der Waals surface area contributed by atoms with Crippen LogP contribution in [0.3, 0.4) is 0 Å². The van der Waals surface area contributed by atoms with Gasteiger partial charge in [-0.3, -0.25) is 0 Å². The fraction of sp³-hybridized carbons (Fsp3) is 0.400. The average molecular weight is 328 g/mol. The molecule has 7 heteroatoms. The van der Waals surface area contributed by atoms with Crippen LogP contribution in [0.1, 0.15) is 11.3 Å². The third-order valence-electron chi connectivity index (χ3n) is 3.15. The number of hydrogen-bond acceptors (Lipinski definition) is 4.